The van der Waals surface area contributed by atoms with Gasteiger partial charge in [0.25, 0.3) is 5.91 Å². The number of amides is 1. The first-order chi connectivity index (χ1) is 17.3. The van der Waals surface area contributed by atoms with Crippen LogP contribution in [0.2, 0.25) is 0 Å². The van der Waals surface area contributed by atoms with Crippen LogP contribution in [0.3, 0.4) is 0 Å². The first-order valence-corrected chi connectivity index (χ1v) is 11.6. The highest BCUT2D eigenvalue weighted by Gasteiger charge is 2.18. The molecule has 0 spiro atoms. The van der Waals surface area contributed by atoms with Crippen molar-refractivity contribution >= 4 is 11.6 Å². The second-order valence-corrected chi connectivity index (χ2v) is 8.67. The van der Waals surface area contributed by atoms with Gasteiger partial charge in [-0.15, -0.1) is 0 Å². The van der Waals surface area contributed by atoms with E-state index in [1.165, 1.54) is 0 Å². The van der Waals surface area contributed by atoms with Crippen molar-refractivity contribution in [2.45, 2.75) is 40.8 Å². The lowest BCUT2D eigenvalue weighted by atomic mass is 10.1. The fourth-order valence-corrected chi connectivity index (χ4v) is 3.95. The summed E-state index contributed by atoms with van der Waals surface area (Å²) in [6.45, 7) is 8.54. The molecule has 0 fully saturated rings. The Morgan fingerprint density at radius 2 is 1.72 bits per heavy atom. The molecule has 0 aliphatic heterocycles. The number of anilines is 1. The predicted molar refractivity (Wildman–Crippen MR) is 137 cm³/mol. The molecule has 0 saturated carbocycles. The van der Waals surface area contributed by atoms with Gasteiger partial charge in [0, 0.05) is 0 Å². The number of nitrogens with zero attached hydrogens (tertiary/aromatic N) is 2. The van der Waals surface area contributed by atoms with Crippen LogP contribution in [-0.2, 0) is 13.2 Å². The number of carbonyl (C=O) groups is 1. The molecule has 188 valence electrons. The van der Waals surface area contributed by atoms with E-state index in [1.807, 2.05) is 68.8 Å². The number of methoxy groups -OCH3 is 2. The van der Waals surface area contributed by atoms with Gasteiger partial charge in [-0.25, -0.2) is 0 Å². The third-order valence-corrected chi connectivity index (χ3v) is 6.00. The fourth-order valence-electron chi connectivity index (χ4n) is 3.95. The van der Waals surface area contributed by atoms with Gasteiger partial charge in [-0.3, -0.25) is 9.48 Å². The molecule has 36 heavy (non-hydrogen) atoms. The summed E-state index contributed by atoms with van der Waals surface area (Å²) in [5.41, 5.74) is 5.36. The molecule has 0 atom stereocenters. The van der Waals surface area contributed by atoms with Crippen LogP contribution in [0.15, 0.2) is 52.9 Å². The summed E-state index contributed by atoms with van der Waals surface area (Å²) in [6.07, 6.45) is 0. The minimum Gasteiger partial charge on any atom is -0.493 e. The van der Waals surface area contributed by atoms with E-state index in [0.29, 0.717) is 35.2 Å². The highest BCUT2D eigenvalue weighted by atomic mass is 16.5. The lowest BCUT2D eigenvalue weighted by molar-refractivity contribution is 0.0992. The largest absolute Gasteiger partial charge is 0.493 e. The first kappa shape index (κ1) is 24.9. The highest BCUT2D eigenvalue weighted by Crippen LogP contribution is 2.29. The summed E-state index contributed by atoms with van der Waals surface area (Å²) in [5.74, 6) is 2.55. The van der Waals surface area contributed by atoms with Crippen molar-refractivity contribution in [1.82, 2.24) is 9.78 Å². The third-order valence-electron chi connectivity index (χ3n) is 6.00. The van der Waals surface area contributed by atoms with E-state index in [4.69, 9.17) is 18.6 Å². The molecule has 2 heterocycles. The van der Waals surface area contributed by atoms with Gasteiger partial charge in [0.2, 0.25) is 0 Å². The van der Waals surface area contributed by atoms with Crippen molar-refractivity contribution in [3.05, 3.63) is 88.1 Å². The summed E-state index contributed by atoms with van der Waals surface area (Å²) in [6, 6.07) is 15.2. The fraction of sp³-hybridized carbons (Fsp3) is 0.286. The molecule has 2 aromatic heterocycles. The molecule has 8 nitrogen and oxygen atoms in total. The summed E-state index contributed by atoms with van der Waals surface area (Å²) in [5, 5.41) is 7.56. The van der Waals surface area contributed by atoms with Gasteiger partial charge in [-0.1, -0.05) is 18.2 Å². The van der Waals surface area contributed by atoms with Gasteiger partial charge in [0.1, 0.15) is 18.1 Å². The highest BCUT2D eigenvalue weighted by molar-refractivity contribution is 6.02. The molecule has 0 bridgehead atoms. The molecule has 1 amide bonds. The number of rotatable bonds is 9. The molecule has 8 heteroatoms. The molecule has 0 unspecified atom stereocenters. The van der Waals surface area contributed by atoms with Crippen molar-refractivity contribution in [2.24, 2.45) is 0 Å². The number of ether oxygens (including phenoxy) is 3. The number of nitrogens with one attached hydrogen (secondary N) is 1. The normalized spacial score (nSPS) is 10.8. The molecule has 0 radical (unpaired) electrons. The average molecular weight is 490 g/mol. The molecule has 0 saturated heterocycles. The van der Waals surface area contributed by atoms with Crippen LogP contribution in [0.5, 0.6) is 17.2 Å². The van der Waals surface area contributed by atoms with Crippen LogP contribution in [0.4, 0.5) is 5.69 Å². The van der Waals surface area contributed by atoms with Crippen LogP contribution >= 0.6 is 0 Å². The van der Waals surface area contributed by atoms with Gasteiger partial charge in [0.05, 0.1) is 37.8 Å². The van der Waals surface area contributed by atoms with Crippen molar-refractivity contribution < 1.29 is 23.4 Å². The van der Waals surface area contributed by atoms with Gasteiger partial charge in [-0.2, -0.15) is 5.10 Å². The molecule has 0 aliphatic carbocycles. The minimum absolute atomic E-state index is 0.209. The van der Waals surface area contributed by atoms with Gasteiger partial charge < -0.3 is 23.9 Å². The van der Waals surface area contributed by atoms with E-state index in [9.17, 15) is 4.79 Å². The van der Waals surface area contributed by atoms with E-state index < -0.39 is 0 Å². The number of hydrogen-bond donors (Lipinski definition) is 1. The molecular weight excluding hydrogens is 458 g/mol. The number of aryl methyl sites for hydroxylation is 3. The maximum Gasteiger partial charge on any atom is 0.291 e. The zero-order chi connectivity index (χ0) is 25.8. The molecule has 4 rings (SSSR count). The number of hydrogen-bond acceptors (Lipinski definition) is 6. The minimum atomic E-state index is -0.343. The zero-order valence-electron chi connectivity index (χ0n) is 21.5. The lowest BCUT2D eigenvalue weighted by Gasteiger charge is -2.11. The summed E-state index contributed by atoms with van der Waals surface area (Å²) in [4.78, 5) is 12.9. The van der Waals surface area contributed by atoms with Gasteiger partial charge in [0.15, 0.2) is 17.3 Å². The number of furan rings is 1. The van der Waals surface area contributed by atoms with Crippen molar-refractivity contribution in [2.75, 3.05) is 19.5 Å². The number of aromatic nitrogens is 2. The smallest absolute Gasteiger partial charge is 0.291 e. The van der Waals surface area contributed by atoms with Crippen LogP contribution in [0.25, 0.3) is 0 Å². The maximum atomic E-state index is 12.9. The Kier molecular flexibility index (Phi) is 7.33. The molecule has 4 aromatic rings. The second kappa shape index (κ2) is 10.6. The summed E-state index contributed by atoms with van der Waals surface area (Å²) in [7, 11) is 3.21. The van der Waals surface area contributed by atoms with Crippen molar-refractivity contribution in [3.8, 4) is 17.2 Å². The Labute approximate surface area is 210 Å². The number of carbonyl (C=O) groups excluding carboxylic acids is 1. The first-order valence-electron chi connectivity index (χ1n) is 11.6. The van der Waals surface area contributed by atoms with E-state index >= 15 is 0 Å². The Balaban J connectivity index is 1.43. The van der Waals surface area contributed by atoms with E-state index in [0.717, 1.165) is 28.1 Å². The summed E-state index contributed by atoms with van der Waals surface area (Å²) >= 11 is 0. The van der Waals surface area contributed by atoms with Crippen LogP contribution < -0.4 is 19.5 Å². The standard InChI is InChI=1S/C28H31N3O5/c1-17-7-8-18(2)25(13-17)35-16-22-10-12-24(36-22)28(32)29-27-19(3)30-31(20(27)4)15-21-9-11-23(33-5)26(14-21)34-6/h7-14H,15-16H2,1-6H3,(H,29,32). The molecular formula is C28H31N3O5. The SMILES string of the molecule is COc1ccc(Cn2nc(C)c(NC(=O)c3ccc(COc4cc(C)ccc4C)o3)c2C)cc1OC. The Bertz CT molecular complexity index is 1390. The van der Waals surface area contributed by atoms with Crippen LogP contribution in [-0.4, -0.2) is 29.9 Å². The predicted octanol–water partition coefficient (Wildman–Crippen LogP) is 5.61. The Morgan fingerprint density at radius 3 is 2.47 bits per heavy atom. The Hall–Kier alpha value is -4.20. The van der Waals surface area contributed by atoms with E-state index in [2.05, 4.69) is 10.4 Å². The average Bonchev–Trinajstić information content (AvgIpc) is 3.45. The number of benzene rings is 2. The van der Waals surface area contributed by atoms with E-state index in [1.54, 1.807) is 26.4 Å². The van der Waals surface area contributed by atoms with Crippen molar-refractivity contribution in [3.63, 3.8) is 0 Å². The van der Waals surface area contributed by atoms with E-state index in [-0.39, 0.29) is 18.3 Å². The quantitative estimate of drug-likeness (QED) is 0.329. The second-order valence-electron chi connectivity index (χ2n) is 8.67. The molecule has 0 aliphatic rings. The van der Waals surface area contributed by atoms with Crippen molar-refractivity contribution in [1.29, 1.82) is 0 Å². The molecule has 2 aromatic carbocycles. The zero-order valence-corrected chi connectivity index (χ0v) is 21.5. The monoisotopic (exact) mass is 489 g/mol. The topological polar surface area (TPSA) is 87.8 Å². The summed E-state index contributed by atoms with van der Waals surface area (Å²) < 4.78 is 24.2. The van der Waals surface area contributed by atoms with Crippen LogP contribution in [0.1, 0.15) is 44.4 Å². The third kappa shape index (κ3) is 5.38. The maximum absolute atomic E-state index is 12.9. The lowest BCUT2D eigenvalue weighted by Crippen LogP contribution is -2.12. The van der Waals surface area contributed by atoms with Gasteiger partial charge in [-0.05, 0) is 74.7 Å². The van der Waals surface area contributed by atoms with Gasteiger partial charge >= 0.3 is 0 Å². The Morgan fingerprint density at radius 1 is 0.944 bits per heavy atom. The molecule has 1 N–H and O–H groups in total. The van der Waals surface area contributed by atoms with Crippen LogP contribution in [0, 0.1) is 27.7 Å².